The number of carbonyl (C=O) groups excluding carboxylic acids is 2. The number of aliphatic hydroxyl groups excluding tert-OH is 1. The lowest BCUT2D eigenvalue weighted by molar-refractivity contribution is -0.137. The maximum Gasteiger partial charge on any atom is 0.242 e. The number of hydrogen-bond donors (Lipinski definition) is 1. The van der Waals surface area contributed by atoms with E-state index in [1.54, 1.807) is 11.9 Å². The van der Waals surface area contributed by atoms with E-state index in [-0.39, 0.29) is 18.4 Å². The highest BCUT2D eigenvalue weighted by Gasteiger charge is 2.25. The molecule has 0 spiro atoms. The lowest BCUT2D eigenvalue weighted by Crippen LogP contribution is -2.39. The van der Waals surface area contributed by atoms with Crippen molar-refractivity contribution in [1.29, 1.82) is 0 Å². The summed E-state index contributed by atoms with van der Waals surface area (Å²) in [7, 11) is 1.59. The van der Waals surface area contributed by atoms with Gasteiger partial charge in [-0.1, -0.05) is 0 Å². The molecule has 0 unspecified atom stereocenters. The third kappa shape index (κ3) is 2.70. The minimum absolute atomic E-state index is 0.0979. The van der Waals surface area contributed by atoms with Crippen LogP contribution in [0.1, 0.15) is 13.3 Å². The van der Waals surface area contributed by atoms with Gasteiger partial charge in [-0.2, -0.15) is 0 Å². The fourth-order valence-electron chi connectivity index (χ4n) is 1.38. The predicted octanol–water partition coefficient (Wildman–Crippen LogP) is -0.942. The third-order valence-electron chi connectivity index (χ3n) is 2.43. The first-order valence-electron chi connectivity index (χ1n) is 4.68. The van der Waals surface area contributed by atoms with Gasteiger partial charge in [0, 0.05) is 27.1 Å². The van der Waals surface area contributed by atoms with Gasteiger partial charge in [-0.15, -0.1) is 0 Å². The van der Waals surface area contributed by atoms with Crippen LogP contribution >= 0.6 is 0 Å². The molecule has 2 amide bonds. The fraction of sp³-hybridized carbons (Fsp3) is 0.778. The first kappa shape index (κ1) is 11.0. The summed E-state index contributed by atoms with van der Waals surface area (Å²) in [5.41, 5.74) is 0. The summed E-state index contributed by atoms with van der Waals surface area (Å²) in [4.78, 5) is 25.3. The average molecular weight is 200 g/mol. The molecule has 0 aliphatic carbocycles. The number of aliphatic hydroxyl groups is 1. The summed E-state index contributed by atoms with van der Waals surface area (Å²) in [5.74, 6) is -0.225. The van der Waals surface area contributed by atoms with Crippen LogP contribution in [0, 0.1) is 0 Å². The van der Waals surface area contributed by atoms with Gasteiger partial charge in [-0.25, -0.2) is 0 Å². The number of hydrogen-bond acceptors (Lipinski definition) is 3. The van der Waals surface area contributed by atoms with E-state index in [2.05, 4.69) is 0 Å². The van der Waals surface area contributed by atoms with Crippen LogP contribution in [0.15, 0.2) is 0 Å². The Morgan fingerprint density at radius 1 is 1.57 bits per heavy atom. The second kappa shape index (κ2) is 4.41. The lowest BCUT2D eigenvalue weighted by Gasteiger charge is -2.20. The van der Waals surface area contributed by atoms with E-state index in [1.807, 2.05) is 0 Å². The molecule has 5 nitrogen and oxygen atoms in total. The number of carbonyl (C=O) groups is 2. The molecule has 0 aromatic heterocycles. The fourth-order valence-corrected chi connectivity index (χ4v) is 1.38. The minimum atomic E-state index is -0.401. The van der Waals surface area contributed by atoms with Crippen molar-refractivity contribution >= 4 is 11.8 Å². The Bertz CT molecular complexity index is 242. The second-order valence-electron chi connectivity index (χ2n) is 3.66. The summed E-state index contributed by atoms with van der Waals surface area (Å²) in [6, 6.07) is 0. The molecule has 0 aromatic rings. The molecule has 1 rings (SSSR count). The number of amides is 2. The van der Waals surface area contributed by atoms with Crippen LogP contribution in [0.2, 0.25) is 0 Å². The van der Waals surface area contributed by atoms with E-state index < -0.39 is 6.10 Å². The highest BCUT2D eigenvalue weighted by Crippen LogP contribution is 2.08. The normalized spacial score (nSPS) is 21.1. The maximum atomic E-state index is 11.5. The Morgan fingerprint density at radius 3 is 2.64 bits per heavy atom. The molecule has 0 bridgehead atoms. The Kier molecular flexibility index (Phi) is 3.46. The van der Waals surface area contributed by atoms with E-state index in [0.717, 1.165) is 0 Å². The van der Waals surface area contributed by atoms with E-state index >= 15 is 0 Å². The maximum absolute atomic E-state index is 11.5. The van der Waals surface area contributed by atoms with Crippen molar-refractivity contribution in [3.8, 4) is 0 Å². The van der Waals surface area contributed by atoms with Crippen LogP contribution in [-0.2, 0) is 9.59 Å². The van der Waals surface area contributed by atoms with Crippen molar-refractivity contribution in [3.63, 3.8) is 0 Å². The van der Waals surface area contributed by atoms with Crippen LogP contribution in [0.5, 0.6) is 0 Å². The first-order valence-corrected chi connectivity index (χ1v) is 4.68. The summed E-state index contributed by atoms with van der Waals surface area (Å²) < 4.78 is 0. The Hall–Kier alpha value is -1.10. The quantitative estimate of drug-likeness (QED) is 0.625. The van der Waals surface area contributed by atoms with Crippen LogP contribution in [0.4, 0.5) is 0 Å². The zero-order valence-corrected chi connectivity index (χ0v) is 8.56. The SMILES string of the molecule is CC(=O)N(C)CC(=O)N1CC[C@H](O)C1. The molecular weight excluding hydrogens is 184 g/mol. The smallest absolute Gasteiger partial charge is 0.242 e. The van der Waals surface area contributed by atoms with Crippen molar-refractivity contribution in [2.75, 3.05) is 26.7 Å². The second-order valence-corrected chi connectivity index (χ2v) is 3.66. The van der Waals surface area contributed by atoms with Crippen molar-refractivity contribution < 1.29 is 14.7 Å². The number of likely N-dealkylation sites (N-methyl/N-ethyl adjacent to an activating group) is 1. The molecule has 1 atom stereocenters. The summed E-state index contributed by atoms with van der Waals surface area (Å²) >= 11 is 0. The molecule has 14 heavy (non-hydrogen) atoms. The lowest BCUT2D eigenvalue weighted by atomic mass is 10.3. The Balaban J connectivity index is 2.39. The molecule has 1 saturated heterocycles. The highest BCUT2D eigenvalue weighted by atomic mass is 16.3. The average Bonchev–Trinajstić information content (AvgIpc) is 2.51. The molecule has 0 radical (unpaired) electrons. The van der Waals surface area contributed by atoms with Gasteiger partial charge in [0.05, 0.1) is 12.6 Å². The number of β-amino-alcohol motifs (C(OH)–C–C–N with tert-alkyl or cyclic N) is 1. The van der Waals surface area contributed by atoms with E-state index in [9.17, 15) is 14.7 Å². The van der Waals surface area contributed by atoms with E-state index in [0.29, 0.717) is 19.5 Å². The zero-order chi connectivity index (χ0) is 10.7. The molecule has 1 heterocycles. The molecule has 0 saturated carbocycles. The minimum Gasteiger partial charge on any atom is -0.391 e. The molecule has 5 heteroatoms. The molecule has 1 aliphatic heterocycles. The van der Waals surface area contributed by atoms with E-state index in [1.165, 1.54) is 11.8 Å². The zero-order valence-electron chi connectivity index (χ0n) is 8.56. The Labute approximate surface area is 83.3 Å². The van der Waals surface area contributed by atoms with Gasteiger partial charge in [0.15, 0.2) is 0 Å². The first-order chi connectivity index (χ1) is 6.50. The van der Waals surface area contributed by atoms with Crippen molar-refractivity contribution in [2.45, 2.75) is 19.4 Å². The molecular formula is C9H16N2O3. The number of nitrogens with zero attached hydrogens (tertiary/aromatic N) is 2. The topological polar surface area (TPSA) is 60.9 Å². The molecule has 0 aromatic carbocycles. The summed E-state index contributed by atoms with van der Waals surface area (Å²) in [5, 5.41) is 9.22. The Morgan fingerprint density at radius 2 is 2.21 bits per heavy atom. The predicted molar refractivity (Wildman–Crippen MR) is 50.5 cm³/mol. The van der Waals surface area contributed by atoms with Gasteiger partial charge >= 0.3 is 0 Å². The number of likely N-dealkylation sites (tertiary alicyclic amines) is 1. The summed E-state index contributed by atoms with van der Waals surface area (Å²) in [6.07, 6.45) is 0.233. The van der Waals surface area contributed by atoms with Gasteiger partial charge < -0.3 is 14.9 Å². The standard InChI is InChI=1S/C9H16N2O3/c1-7(12)10(2)6-9(14)11-4-3-8(13)5-11/h8,13H,3-6H2,1-2H3/t8-/m0/s1. The van der Waals surface area contributed by atoms with Crippen molar-refractivity contribution in [1.82, 2.24) is 9.80 Å². The van der Waals surface area contributed by atoms with Gasteiger partial charge in [0.25, 0.3) is 0 Å². The van der Waals surface area contributed by atoms with Gasteiger partial charge in [-0.05, 0) is 6.42 Å². The highest BCUT2D eigenvalue weighted by molar-refractivity contribution is 5.83. The summed E-state index contributed by atoms with van der Waals surface area (Å²) in [6.45, 7) is 2.50. The largest absolute Gasteiger partial charge is 0.391 e. The monoisotopic (exact) mass is 200 g/mol. The molecule has 1 N–H and O–H groups in total. The van der Waals surface area contributed by atoms with Crippen LogP contribution in [0.25, 0.3) is 0 Å². The van der Waals surface area contributed by atoms with Crippen molar-refractivity contribution in [3.05, 3.63) is 0 Å². The molecule has 80 valence electrons. The number of rotatable bonds is 2. The molecule has 1 aliphatic rings. The van der Waals surface area contributed by atoms with Gasteiger partial charge in [-0.3, -0.25) is 9.59 Å². The molecule has 1 fully saturated rings. The van der Waals surface area contributed by atoms with E-state index in [4.69, 9.17) is 0 Å². The van der Waals surface area contributed by atoms with Crippen LogP contribution in [-0.4, -0.2) is 59.5 Å². The van der Waals surface area contributed by atoms with Crippen molar-refractivity contribution in [2.24, 2.45) is 0 Å². The third-order valence-corrected chi connectivity index (χ3v) is 2.43. The van der Waals surface area contributed by atoms with Gasteiger partial charge in [0.1, 0.15) is 0 Å². The van der Waals surface area contributed by atoms with Crippen LogP contribution < -0.4 is 0 Å². The van der Waals surface area contributed by atoms with Crippen LogP contribution in [0.3, 0.4) is 0 Å². The van der Waals surface area contributed by atoms with Gasteiger partial charge in [0.2, 0.25) is 11.8 Å².